The maximum Gasteiger partial charge on any atom is 0.261 e. The van der Waals surface area contributed by atoms with Crippen LogP contribution in [0.25, 0.3) is 10.9 Å². The van der Waals surface area contributed by atoms with E-state index in [2.05, 4.69) is 39.0 Å². The number of benzene rings is 2. The molecule has 0 bridgehead atoms. The summed E-state index contributed by atoms with van der Waals surface area (Å²) >= 11 is 0. The van der Waals surface area contributed by atoms with Crippen LogP contribution in [-0.4, -0.2) is 40.5 Å². The average molecular weight is 406 g/mol. The zero-order chi connectivity index (χ0) is 21.1. The SMILES string of the molecule is CN(Cc1ccccc1N1CCCC1)Cc1nc2ccccc2c(=O)n1CC(N)=O. The summed E-state index contributed by atoms with van der Waals surface area (Å²) in [6, 6.07) is 15.6. The summed E-state index contributed by atoms with van der Waals surface area (Å²) in [5, 5.41) is 0.490. The van der Waals surface area contributed by atoms with Crippen molar-refractivity contribution in [3.63, 3.8) is 0 Å². The summed E-state index contributed by atoms with van der Waals surface area (Å²) in [5.41, 5.74) is 8.31. The number of carbonyl (C=O) groups is 1. The van der Waals surface area contributed by atoms with E-state index >= 15 is 0 Å². The molecular formula is C23H27N5O2. The predicted octanol–water partition coefficient (Wildman–Crippen LogP) is 2.11. The zero-order valence-corrected chi connectivity index (χ0v) is 17.3. The summed E-state index contributed by atoms with van der Waals surface area (Å²) in [6.07, 6.45) is 2.45. The van der Waals surface area contributed by atoms with Crippen molar-refractivity contribution in [1.29, 1.82) is 0 Å². The molecule has 0 radical (unpaired) electrons. The van der Waals surface area contributed by atoms with Gasteiger partial charge in [0.1, 0.15) is 12.4 Å². The van der Waals surface area contributed by atoms with Gasteiger partial charge >= 0.3 is 0 Å². The van der Waals surface area contributed by atoms with Gasteiger partial charge in [0, 0.05) is 25.3 Å². The second-order valence-electron chi connectivity index (χ2n) is 7.90. The highest BCUT2D eigenvalue weighted by atomic mass is 16.2. The van der Waals surface area contributed by atoms with Gasteiger partial charge in [-0.1, -0.05) is 30.3 Å². The molecule has 2 aromatic carbocycles. The molecule has 0 saturated carbocycles. The fourth-order valence-corrected chi connectivity index (χ4v) is 4.15. The van der Waals surface area contributed by atoms with Gasteiger partial charge in [0.05, 0.1) is 17.4 Å². The molecule has 1 aliphatic rings. The number of carbonyl (C=O) groups excluding carboxylic acids is 1. The van der Waals surface area contributed by atoms with Gasteiger partial charge in [-0.05, 0) is 43.7 Å². The van der Waals surface area contributed by atoms with Gasteiger partial charge in [-0.15, -0.1) is 0 Å². The molecule has 1 aromatic heterocycles. The molecule has 2 N–H and O–H groups in total. The quantitative estimate of drug-likeness (QED) is 0.651. The molecule has 7 nitrogen and oxygen atoms in total. The van der Waals surface area contributed by atoms with Crippen molar-refractivity contribution in [2.24, 2.45) is 5.73 Å². The molecule has 0 spiro atoms. The van der Waals surface area contributed by atoms with E-state index in [1.807, 2.05) is 19.2 Å². The molecule has 1 fully saturated rings. The summed E-state index contributed by atoms with van der Waals surface area (Å²) in [4.78, 5) is 33.8. The summed E-state index contributed by atoms with van der Waals surface area (Å²) in [5.74, 6) is -0.0175. The molecule has 156 valence electrons. The number of nitrogens with zero attached hydrogens (tertiary/aromatic N) is 4. The minimum Gasteiger partial charge on any atom is -0.371 e. The number of anilines is 1. The van der Waals surface area contributed by atoms with Crippen LogP contribution in [-0.2, 0) is 24.4 Å². The van der Waals surface area contributed by atoms with Gasteiger partial charge in [0.2, 0.25) is 5.91 Å². The number of rotatable bonds is 7. The standard InChI is InChI=1S/C23H27N5O2/c1-26(14-17-8-2-5-11-20(17)27-12-6-7-13-27)16-22-25-19-10-4-3-9-18(19)23(30)28(22)15-21(24)29/h2-5,8-11H,6-7,12-16H2,1H3,(H2,24,29). The second-order valence-corrected chi connectivity index (χ2v) is 7.90. The highest BCUT2D eigenvalue weighted by molar-refractivity contribution is 5.78. The molecule has 1 saturated heterocycles. The number of aromatic nitrogens is 2. The van der Waals surface area contributed by atoms with Crippen LogP contribution < -0.4 is 16.2 Å². The third-order valence-electron chi connectivity index (χ3n) is 5.54. The normalized spacial score (nSPS) is 14.0. The van der Waals surface area contributed by atoms with Crippen molar-refractivity contribution < 1.29 is 4.79 Å². The van der Waals surface area contributed by atoms with E-state index in [-0.39, 0.29) is 12.1 Å². The minimum absolute atomic E-state index is 0.176. The van der Waals surface area contributed by atoms with Gasteiger partial charge in [0.15, 0.2) is 0 Å². The number of hydrogen-bond donors (Lipinski definition) is 1. The Hall–Kier alpha value is -3.19. The van der Waals surface area contributed by atoms with E-state index in [4.69, 9.17) is 5.73 Å². The van der Waals surface area contributed by atoms with Crippen LogP contribution >= 0.6 is 0 Å². The summed E-state index contributed by atoms with van der Waals surface area (Å²) in [6.45, 7) is 3.15. The van der Waals surface area contributed by atoms with Crippen LogP contribution in [0.1, 0.15) is 24.2 Å². The molecule has 4 rings (SSSR count). The number of primary amides is 1. The van der Waals surface area contributed by atoms with Crippen LogP contribution in [0.3, 0.4) is 0 Å². The molecule has 3 aromatic rings. The van der Waals surface area contributed by atoms with Crippen molar-refractivity contribution in [1.82, 2.24) is 14.5 Å². The zero-order valence-electron chi connectivity index (χ0n) is 17.3. The lowest BCUT2D eigenvalue weighted by molar-refractivity contribution is -0.118. The third kappa shape index (κ3) is 4.21. The molecule has 7 heteroatoms. The molecule has 30 heavy (non-hydrogen) atoms. The molecule has 1 amide bonds. The fraction of sp³-hybridized carbons (Fsp3) is 0.348. The lowest BCUT2D eigenvalue weighted by atomic mass is 10.1. The van der Waals surface area contributed by atoms with Gasteiger partial charge in [0.25, 0.3) is 5.56 Å². The molecular weight excluding hydrogens is 378 g/mol. The van der Waals surface area contributed by atoms with Crippen molar-refractivity contribution >= 4 is 22.5 Å². The lowest BCUT2D eigenvalue weighted by Gasteiger charge is -2.25. The maximum absolute atomic E-state index is 12.9. The predicted molar refractivity (Wildman–Crippen MR) is 118 cm³/mol. The van der Waals surface area contributed by atoms with Gasteiger partial charge in [-0.2, -0.15) is 0 Å². The smallest absolute Gasteiger partial charge is 0.261 e. The Morgan fingerprint density at radius 3 is 2.53 bits per heavy atom. The molecule has 0 unspecified atom stereocenters. The minimum atomic E-state index is -0.558. The summed E-state index contributed by atoms with van der Waals surface area (Å²) in [7, 11) is 2.00. The first-order valence-electron chi connectivity index (χ1n) is 10.3. The fourth-order valence-electron chi connectivity index (χ4n) is 4.15. The van der Waals surface area contributed by atoms with E-state index in [9.17, 15) is 9.59 Å². The van der Waals surface area contributed by atoms with Crippen molar-refractivity contribution in [2.45, 2.75) is 32.5 Å². The Kier molecular flexibility index (Phi) is 5.81. The first kappa shape index (κ1) is 20.1. The van der Waals surface area contributed by atoms with E-state index < -0.39 is 5.91 Å². The Bertz CT molecular complexity index is 1120. The number of fused-ring (bicyclic) bond motifs is 1. The van der Waals surface area contributed by atoms with Gasteiger partial charge in [-0.25, -0.2) is 4.98 Å². The third-order valence-corrected chi connectivity index (χ3v) is 5.54. The molecule has 2 heterocycles. The number of amides is 1. The Morgan fingerprint density at radius 2 is 1.77 bits per heavy atom. The van der Waals surface area contributed by atoms with Crippen LogP contribution in [0.4, 0.5) is 5.69 Å². The van der Waals surface area contributed by atoms with Crippen molar-refractivity contribution in [3.8, 4) is 0 Å². The molecule has 0 aliphatic carbocycles. The van der Waals surface area contributed by atoms with Crippen LogP contribution in [0.5, 0.6) is 0 Å². The number of nitrogens with two attached hydrogens (primary N) is 1. The van der Waals surface area contributed by atoms with Crippen LogP contribution in [0, 0.1) is 0 Å². The first-order chi connectivity index (χ1) is 14.5. The number of hydrogen-bond acceptors (Lipinski definition) is 5. The Labute approximate surface area is 175 Å². The highest BCUT2D eigenvalue weighted by Crippen LogP contribution is 2.25. The Balaban J connectivity index is 1.63. The Morgan fingerprint density at radius 1 is 1.07 bits per heavy atom. The number of para-hydroxylation sites is 2. The monoisotopic (exact) mass is 405 g/mol. The van der Waals surface area contributed by atoms with Gasteiger partial charge < -0.3 is 10.6 Å². The molecule has 1 aliphatic heterocycles. The molecule has 0 atom stereocenters. The van der Waals surface area contributed by atoms with E-state index in [0.29, 0.717) is 29.8 Å². The van der Waals surface area contributed by atoms with E-state index in [1.165, 1.54) is 28.7 Å². The van der Waals surface area contributed by atoms with Gasteiger partial charge in [-0.3, -0.25) is 19.1 Å². The average Bonchev–Trinajstić information content (AvgIpc) is 3.26. The highest BCUT2D eigenvalue weighted by Gasteiger charge is 2.18. The summed E-state index contributed by atoms with van der Waals surface area (Å²) < 4.78 is 1.40. The van der Waals surface area contributed by atoms with E-state index in [0.717, 1.165) is 13.1 Å². The van der Waals surface area contributed by atoms with Crippen LogP contribution in [0.15, 0.2) is 53.3 Å². The van der Waals surface area contributed by atoms with Crippen LogP contribution in [0.2, 0.25) is 0 Å². The van der Waals surface area contributed by atoms with Crippen molar-refractivity contribution in [2.75, 3.05) is 25.0 Å². The second kappa shape index (κ2) is 8.67. The first-order valence-corrected chi connectivity index (χ1v) is 10.3. The maximum atomic E-state index is 12.9. The van der Waals surface area contributed by atoms with E-state index in [1.54, 1.807) is 12.1 Å². The lowest BCUT2D eigenvalue weighted by Crippen LogP contribution is -2.33. The topological polar surface area (TPSA) is 84.5 Å². The largest absolute Gasteiger partial charge is 0.371 e. The van der Waals surface area contributed by atoms with Crippen molar-refractivity contribution in [3.05, 3.63) is 70.3 Å².